The summed E-state index contributed by atoms with van der Waals surface area (Å²) in [5.74, 6) is -0.00319. The number of ether oxygens (including phenoxy) is 1. The summed E-state index contributed by atoms with van der Waals surface area (Å²) in [6.07, 6.45) is 1.51. The fraction of sp³-hybridized carbons (Fsp3) is 0.0769. The fourth-order valence-electron chi connectivity index (χ4n) is 2.19. The minimum atomic E-state index is -0.711. The fourth-order valence-corrected chi connectivity index (χ4v) is 2.19. The van der Waals surface area contributed by atoms with E-state index in [1.54, 1.807) is 13.2 Å². The lowest BCUT2D eigenvalue weighted by Gasteiger charge is -1.98. The number of H-pyrrole nitrogens is 1. The zero-order valence-electron chi connectivity index (χ0n) is 10.5. The van der Waals surface area contributed by atoms with Crippen LogP contribution in [0.3, 0.4) is 0 Å². The summed E-state index contributed by atoms with van der Waals surface area (Å²) in [6, 6.07) is 7.37. The van der Waals surface area contributed by atoms with Crippen molar-refractivity contribution in [1.82, 2.24) is 9.97 Å². The quantitative estimate of drug-likeness (QED) is 0.438. The summed E-state index contributed by atoms with van der Waals surface area (Å²) >= 11 is 0. The molecule has 20 heavy (non-hydrogen) atoms. The predicted molar refractivity (Wildman–Crippen MR) is 73.6 cm³/mol. The molecule has 0 radical (unpaired) electrons. The number of carbonyl (C=O) groups is 1. The van der Waals surface area contributed by atoms with Crippen molar-refractivity contribution < 1.29 is 9.53 Å². The van der Waals surface area contributed by atoms with Crippen molar-refractivity contribution in [1.29, 1.82) is 0 Å². The summed E-state index contributed by atoms with van der Waals surface area (Å²) < 4.78 is 5.17. The lowest BCUT2D eigenvalue weighted by molar-refractivity contribution is 0.0997. The molecule has 1 aromatic carbocycles. The van der Waals surface area contributed by atoms with E-state index in [9.17, 15) is 4.79 Å². The van der Waals surface area contributed by atoms with Crippen molar-refractivity contribution in [2.45, 2.75) is 0 Å². The van der Waals surface area contributed by atoms with Crippen molar-refractivity contribution in [2.75, 3.05) is 7.11 Å². The molecule has 0 saturated carbocycles. The van der Waals surface area contributed by atoms with Gasteiger partial charge in [-0.3, -0.25) is 9.78 Å². The summed E-state index contributed by atoms with van der Waals surface area (Å²) in [6.45, 7) is 0. The van der Waals surface area contributed by atoms with E-state index in [0.29, 0.717) is 11.3 Å². The first-order chi connectivity index (χ1) is 9.74. The zero-order valence-corrected chi connectivity index (χ0v) is 10.5. The van der Waals surface area contributed by atoms with Gasteiger partial charge in [-0.15, -0.1) is 0 Å². The van der Waals surface area contributed by atoms with E-state index in [-0.39, 0.29) is 5.69 Å². The van der Waals surface area contributed by atoms with Gasteiger partial charge in [-0.1, -0.05) is 0 Å². The molecule has 1 N–H and O–H groups in total. The average molecular weight is 267 g/mol. The van der Waals surface area contributed by atoms with Crippen molar-refractivity contribution in [3.63, 3.8) is 0 Å². The number of methoxy groups -OCH3 is 1. The van der Waals surface area contributed by atoms with Crippen LogP contribution in [0.15, 0.2) is 35.6 Å². The molecule has 0 bridgehead atoms. The van der Waals surface area contributed by atoms with Gasteiger partial charge in [-0.05, 0) is 28.8 Å². The van der Waals surface area contributed by atoms with Crippen LogP contribution in [-0.4, -0.2) is 23.0 Å². The number of nitrogens with one attached hydrogen (secondary N) is 1. The van der Waals surface area contributed by atoms with Crippen LogP contribution in [0.4, 0.5) is 0 Å². The molecule has 2 heterocycles. The third-order valence-corrected chi connectivity index (χ3v) is 3.07. The summed E-state index contributed by atoms with van der Waals surface area (Å²) in [4.78, 5) is 21.3. The molecule has 7 nitrogen and oxygen atoms in total. The highest BCUT2D eigenvalue weighted by Gasteiger charge is 2.14. The molecule has 7 heteroatoms. The van der Waals surface area contributed by atoms with Crippen LogP contribution in [0.1, 0.15) is 10.5 Å². The molecule has 1 amide bonds. The largest absolute Gasteiger partial charge is 0.497 e. The van der Waals surface area contributed by atoms with Gasteiger partial charge in [0.2, 0.25) is 0 Å². The Labute approximate surface area is 112 Å². The Kier molecular flexibility index (Phi) is 2.74. The van der Waals surface area contributed by atoms with Crippen molar-refractivity contribution in [2.24, 2.45) is 5.11 Å². The van der Waals surface area contributed by atoms with Crippen molar-refractivity contribution in [3.8, 4) is 5.75 Å². The molecule has 2 aromatic heterocycles. The molecule has 0 spiro atoms. The van der Waals surface area contributed by atoms with Crippen LogP contribution in [0.2, 0.25) is 0 Å². The molecule has 0 aliphatic rings. The Morgan fingerprint density at radius 3 is 3.00 bits per heavy atom. The molecular formula is C13H9N5O2. The van der Waals surface area contributed by atoms with E-state index in [0.717, 1.165) is 16.3 Å². The Hall–Kier alpha value is -3.05. The Balaban J connectivity index is 2.34. The summed E-state index contributed by atoms with van der Waals surface area (Å²) in [5.41, 5.74) is 9.84. The number of fused-ring (bicyclic) bond motifs is 3. The van der Waals surface area contributed by atoms with Crippen LogP contribution < -0.4 is 4.74 Å². The van der Waals surface area contributed by atoms with Crippen LogP contribution >= 0.6 is 0 Å². The Morgan fingerprint density at radius 2 is 2.25 bits per heavy atom. The minimum Gasteiger partial charge on any atom is -0.497 e. The number of azide groups is 1. The number of rotatable bonds is 2. The van der Waals surface area contributed by atoms with E-state index >= 15 is 0 Å². The maximum absolute atomic E-state index is 11.7. The van der Waals surface area contributed by atoms with Gasteiger partial charge in [-0.25, -0.2) is 0 Å². The summed E-state index contributed by atoms with van der Waals surface area (Å²) in [5, 5.41) is 4.87. The molecule has 0 aliphatic carbocycles. The SMILES string of the molecule is COc1ccc2c(c1)[nH]c1c(C(=O)N=[N+]=[N-])nccc12. The zero-order chi connectivity index (χ0) is 14.1. The minimum absolute atomic E-state index is 0.107. The van der Waals surface area contributed by atoms with Gasteiger partial charge in [0, 0.05) is 27.9 Å². The summed E-state index contributed by atoms with van der Waals surface area (Å²) in [7, 11) is 1.59. The van der Waals surface area contributed by atoms with Crippen molar-refractivity contribution >= 4 is 27.7 Å². The molecule has 3 aromatic rings. The third kappa shape index (κ3) is 1.73. The molecule has 0 unspecified atom stereocenters. The third-order valence-electron chi connectivity index (χ3n) is 3.07. The number of aromatic amines is 1. The second kappa shape index (κ2) is 4.56. The number of nitrogens with zero attached hydrogens (tertiary/aromatic N) is 4. The predicted octanol–water partition coefficient (Wildman–Crippen LogP) is 3.18. The van der Waals surface area contributed by atoms with Crippen LogP contribution in [0, 0.1) is 0 Å². The molecule has 0 atom stereocenters. The van der Waals surface area contributed by atoms with E-state index in [1.807, 2.05) is 18.2 Å². The molecule has 98 valence electrons. The van der Waals surface area contributed by atoms with E-state index in [2.05, 4.69) is 20.0 Å². The lowest BCUT2D eigenvalue weighted by atomic mass is 10.1. The first kappa shape index (κ1) is 12.0. The molecular weight excluding hydrogens is 258 g/mol. The maximum Gasteiger partial charge on any atom is 0.269 e. The highest BCUT2D eigenvalue weighted by molar-refractivity contribution is 6.14. The van der Waals surface area contributed by atoms with Gasteiger partial charge in [0.15, 0.2) is 0 Å². The van der Waals surface area contributed by atoms with Crippen LogP contribution in [0.5, 0.6) is 5.75 Å². The average Bonchev–Trinajstić information content (AvgIpc) is 2.84. The highest BCUT2D eigenvalue weighted by atomic mass is 16.5. The normalized spacial score (nSPS) is 10.4. The standard InChI is InChI=1S/C13H9N5O2/c1-20-7-2-3-8-9-4-5-15-12(13(19)17-18-14)11(9)16-10(8)6-7/h2-6,16H,1H3. The number of carbonyl (C=O) groups excluding carboxylic acids is 1. The maximum atomic E-state index is 11.7. The van der Waals surface area contributed by atoms with Gasteiger partial charge >= 0.3 is 0 Å². The van der Waals surface area contributed by atoms with Gasteiger partial charge < -0.3 is 9.72 Å². The van der Waals surface area contributed by atoms with Crippen LogP contribution in [-0.2, 0) is 0 Å². The topological polar surface area (TPSA) is 104 Å². The number of aromatic nitrogens is 2. The number of amides is 1. The van der Waals surface area contributed by atoms with E-state index in [1.165, 1.54) is 6.20 Å². The number of benzene rings is 1. The highest BCUT2D eigenvalue weighted by Crippen LogP contribution is 2.29. The molecule has 3 rings (SSSR count). The van der Waals surface area contributed by atoms with Gasteiger partial charge in [-0.2, -0.15) is 0 Å². The number of pyridine rings is 1. The number of hydrogen-bond acceptors (Lipinski definition) is 3. The van der Waals surface area contributed by atoms with Gasteiger partial charge in [0.1, 0.15) is 11.4 Å². The number of hydrogen-bond donors (Lipinski definition) is 1. The molecule has 0 fully saturated rings. The van der Waals surface area contributed by atoms with Crippen molar-refractivity contribution in [3.05, 3.63) is 46.6 Å². The van der Waals surface area contributed by atoms with Gasteiger partial charge in [0.25, 0.3) is 5.91 Å². The first-order valence-corrected chi connectivity index (χ1v) is 5.78. The Bertz CT molecular complexity index is 877. The molecule has 0 saturated heterocycles. The molecule has 0 aliphatic heterocycles. The second-order valence-corrected chi connectivity index (χ2v) is 4.11. The van der Waals surface area contributed by atoms with E-state index < -0.39 is 5.91 Å². The Morgan fingerprint density at radius 1 is 1.40 bits per heavy atom. The first-order valence-electron chi connectivity index (χ1n) is 5.78. The van der Waals surface area contributed by atoms with E-state index in [4.69, 9.17) is 10.3 Å². The monoisotopic (exact) mass is 267 g/mol. The second-order valence-electron chi connectivity index (χ2n) is 4.11. The smallest absolute Gasteiger partial charge is 0.269 e. The van der Waals surface area contributed by atoms with Gasteiger partial charge in [0.05, 0.1) is 18.1 Å². The lowest BCUT2D eigenvalue weighted by Crippen LogP contribution is -1.98. The van der Waals surface area contributed by atoms with Crippen LogP contribution in [0.25, 0.3) is 32.2 Å².